The summed E-state index contributed by atoms with van der Waals surface area (Å²) in [6, 6.07) is 9.77. The monoisotopic (exact) mass is 484 g/mol. The molecule has 3 rings (SSSR count). The molecule has 0 aliphatic rings. The third kappa shape index (κ3) is 5.76. The lowest BCUT2D eigenvalue weighted by atomic mass is 9.84. The molecule has 9 nitrogen and oxygen atoms in total. The van der Waals surface area contributed by atoms with Crippen LogP contribution in [0.15, 0.2) is 52.2 Å². The lowest BCUT2D eigenvalue weighted by Gasteiger charge is -2.25. The molecule has 1 heterocycles. The Labute approximate surface area is 198 Å². The van der Waals surface area contributed by atoms with Gasteiger partial charge in [0, 0.05) is 29.1 Å². The summed E-state index contributed by atoms with van der Waals surface area (Å²) in [6.45, 7) is 6.09. The maximum atomic E-state index is 12.4. The van der Waals surface area contributed by atoms with E-state index in [0.29, 0.717) is 33.9 Å². The van der Waals surface area contributed by atoms with Crippen LogP contribution in [0.2, 0.25) is 0 Å². The van der Waals surface area contributed by atoms with Gasteiger partial charge < -0.3 is 10.5 Å². The first-order valence-electron chi connectivity index (χ1n) is 10.4. The molecular formula is C24H28N4O5S. The van der Waals surface area contributed by atoms with Crippen LogP contribution in [0.3, 0.4) is 0 Å². The van der Waals surface area contributed by atoms with Crippen LogP contribution >= 0.6 is 0 Å². The predicted octanol–water partition coefficient (Wildman–Crippen LogP) is 2.96. The summed E-state index contributed by atoms with van der Waals surface area (Å²) >= 11 is 0. The number of nitrogens with zero attached hydrogens (tertiary/aromatic N) is 1. The van der Waals surface area contributed by atoms with E-state index in [1.54, 1.807) is 31.4 Å². The minimum Gasteiger partial charge on any atom is -0.496 e. The first kappa shape index (κ1) is 24.8. The summed E-state index contributed by atoms with van der Waals surface area (Å²) in [5, 5.41) is 0. The van der Waals surface area contributed by atoms with Crippen molar-refractivity contribution in [3.05, 3.63) is 80.1 Å². The molecule has 0 aliphatic heterocycles. The fourth-order valence-corrected chi connectivity index (χ4v) is 4.04. The first-order chi connectivity index (χ1) is 15.8. The van der Waals surface area contributed by atoms with Gasteiger partial charge in [-0.25, -0.2) is 13.2 Å². The van der Waals surface area contributed by atoms with E-state index in [2.05, 4.69) is 9.71 Å². The standard InChI is InChI=1S/C24H28N4O5S/c1-24(2,3)19-14-18(28-11-10-21(29)26-23(28)30)12-16(22(19)33-4)7-6-15-8-9-17(13-20(15)25)27-34(5,31)32/h6-14,27H,25H2,1-5H3,(H,26,29,30)/b7-6+. The Hall–Kier alpha value is -3.79. The van der Waals surface area contributed by atoms with Crippen molar-refractivity contribution in [3.63, 3.8) is 0 Å². The molecule has 0 unspecified atom stereocenters. The maximum Gasteiger partial charge on any atom is 0.332 e. The van der Waals surface area contributed by atoms with Gasteiger partial charge in [-0.1, -0.05) is 39.0 Å². The summed E-state index contributed by atoms with van der Waals surface area (Å²) in [6.07, 6.45) is 6.08. The third-order valence-corrected chi connectivity index (χ3v) is 5.66. The quantitative estimate of drug-likeness (QED) is 0.363. The molecule has 0 saturated heterocycles. The lowest BCUT2D eigenvalue weighted by Crippen LogP contribution is -2.28. The van der Waals surface area contributed by atoms with Gasteiger partial charge in [0.1, 0.15) is 5.75 Å². The molecule has 10 heteroatoms. The molecule has 0 spiro atoms. The van der Waals surface area contributed by atoms with Gasteiger partial charge >= 0.3 is 5.69 Å². The van der Waals surface area contributed by atoms with Crippen LogP contribution in [0.1, 0.15) is 37.5 Å². The maximum absolute atomic E-state index is 12.4. The normalized spacial score (nSPS) is 12.1. The molecule has 0 aliphatic carbocycles. The average Bonchev–Trinajstić information content (AvgIpc) is 2.70. The summed E-state index contributed by atoms with van der Waals surface area (Å²) in [7, 11) is -1.84. The van der Waals surface area contributed by atoms with Crippen LogP contribution in [-0.4, -0.2) is 31.3 Å². The molecule has 0 fully saturated rings. The number of methoxy groups -OCH3 is 1. The van der Waals surface area contributed by atoms with E-state index in [0.717, 1.165) is 11.8 Å². The number of hydrogen-bond donors (Lipinski definition) is 3. The van der Waals surface area contributed by atoms with Gasteiger partial charge in [0.2, 0.25) is 10.0 Å². The topological polar surface area (TPSA) is 136 Å². The van der Waals surface area contributed by atoms with Crippen molar-refractivity contribution in [2.24, 2.45) is 0 Å². The van der Waals surface area contributed by atoms with Crippen molar-refractivity contribution in [1.29, 1.82) is 0 Å². The van der Waals surface area contributed by atoms with Crippen molar-refractivity contribution in [2.75, 3.05) is 23.8 Å². The Morgan fingerprint density at radius 3 is 2.29 bits per heavy atom. The summed E-state index contributed by atoms with van der Waals surface area (Å²) in [4.78, 5) is 26.2. The molecule has 3 aromatic rings. The second kappa shape index (κ2) is 9.22. The predicted molar refractivity (Wildman–Crippen MR) is 136 cm³/mol. The number of H-pyrrole nitrogens is 1. The number of rotatable bonds is 6. The molecule has 180 valence electrons. The Kier molecular flexibility index (Phi) is 6.74. The lowest BCUT2D eigenvalue weighted by molar-refractivity contribution is 0.396. The van der Waals surface area contributed by atoms with Crippen molar-refractivity contribution in [1.82, 2.24) is 9.55 Å². The Bertz CT molecular complexity index is 1480. The zero-order chi connectivity index (χ0) is 25.3. The van der Waals surface area contributed by atoms with Crippen molar-refractivity contribution >= 4 is 33.6 Å². The highest BCUT2D eigenvalue weighted by Crippen LogP contribution is 2.37. The van der Waals surface area contributed by atoms with Crippen molar-refractivity contribution in [2.45, 2.75) is 26.2 Å². The van der Waals surface area contributed by atoms with Gasteiger partial charge in [-0.3, -0.25) is 19.1 Å². The van der Waals surface area contributed by atoms with E-state index in [1.807, 2.05) is 32.9 Å². The van der Waals surface area contributed by atoms with E-state index >= 15 is 0 Å². The van der Waals surface area contributed by atoms with Gasteiger partial charge in [0.25, 0.3) is 5.56 Å². The SMILES string of the molecule is COc1c(/C=C/c2ccc(NS(C)(=O)=O)cc2N)cc(-n2ccc(=O)[nH]c2=O)cc1C(C)(C)C. The zero-order valence-corrected chi connectivity index (χ0v) is 20.5. The summed E-state index contributed by atoms with van der Waals surface area (Å²) < 4.78 is 32.4. The molecule has 34 heavy (non-hydrogen) atoms. The number of anilines is 2. The molecule has 0 atom stereocenters. The number of nitrogens with two attached hydrogens (primary N) is 1. The number of hydrogen-bond acceptors (Lipinski definition) is 6. The van der Waals surface area contributed by atoms with Gasteiger partial charge in [-0.05, 0) is 35.2 Å². The van der Waals surface area contributed by atoms with Crippen molar-refractivity contribution in [3.8, 4) is 11.4 Å². The number of benzene rings is 2. The van der Waals surface area contributed by atoms with E-state index in [1.165, 1.54) is 22.9 Å². The summed E-state index contributed by atoms with van der Waals surface area (Å²) in [5.41, 5.74) is 8.34. The van der Waals surface area contributed by atoms with Crippen LogP contribution in [0, 0.1) is 0 Å². The van der Waals surface area contributed by atoms with Crippen molar-refractivity contribution < 1.29 is 13.2 Å². The molecule has 0 radical (unpaired) electrons. The minimum atomic E-state index is -3.42. The second-order valence-corrected chi connectivity index (χ2v) is 10.6. The zero-order valence-electron chi connectivity index (χ0n) is 19.7. The number of nitrogens with one attached hydrogen (secondary N) is 2. The highest BCUT2D eigenvalue weighted by Gasteiger charge is 2.22. The molecule has 0 saturated carbocycles. The highest BCUT2D eigenvalue weighted by molar-refractivity contribution is 7.92. The van der Waals surface area contributed by atoms with E-state index < -0.39 is 21.3 Å². The number of aromatic amines is 1. The van der Waals surface area contributed by atoms with Crippen LogP contribution in [-0.2, 0) is 15.4 Å². The van der Waals surface area contributed by atoms with Crippen LogP contribution in [0.25, 0.3) is 17.8 Å². The molecule has 2 aromatic carbocycles. The number of nitrogen functional groups attached to an aromatic ring is 1. The fraction of sp³-hybridized carbons (Fsp3) is 0.250. The van der Waals surface area contributed by atoms with Crippen LogP contribution in [0.5, 0.6) is 5.75 Å². The fourth-order valence-electron chi connectivity index (χ4n) is 3.49. The molecular weight excluding hydrogens is 456 g/mol. The molecule has 1 aromatic heterocycles. The Balaban J connectivity index is 2.14. The first-order valence-corrected chi connectivity index (χ1v) is 12.3. The molecule has 4 N–H and O–H groups in total. The second-order valence-electron chi connectivity index (χ2n) is 8.90. The smallest absolute Gasteiger partial charge is 0.332 e. The minimum absolute atomic E-state index is 0.312. The van der Waals surface area contributed by atoms with Crippen LogP contribution in [0.4, 0.5) is 11.4 Å². The molecule has 0 bridgehead atoms. The van der Waals surface area contributed by atoms with E-state index in [-0.39, 0.29) is 5.41 Å². The number of ether oxygens (including phenoxy) is 1. The van der Waals surface area contributed by atoms with Gasteiger partial charge in [-0.2, -0.15) is 0 Å². The number of sulfonamides is 1. The largest absolute Gasteiger partial charge is 0.496 e. The average molecular weight is 485 g/mol. The Morgan fingerprint density at radius 2 is 1.74 bits per heavy atom. The van der Waals surface area contributed by atoms with E-state index in [9.17, 15) is 18.0 Å². The van der Waals surface area contributed by atoms with E-state index in [4.69, 9.17) is 10.5 Å². The van der Waals surface area contributed by atoms with Crippen LogP contribution < -0.4 is 26.4 Å². The third-order valence-electron chi connectivity index (χ3n) is 5.05. The summed E-state index contributed by atoms with van der Waals surface area (Å²) in [5.74, 6) is 0.638. The Morgan fingerprint density at radius 1 is 1.06 bits per heavy atom. The van der Waals surface area contributed by atoms with Gasteiger partial charge in [-0.15, -0.1) is 0 Å². The number of aromatic nitrogens is 2. The molecule has 0 amide bonds. The van der Waals surface area contributed by atoms with Gasteiger partial charge in [0.15, 0.2) is 0 Å². The highest BCUT2D eigenvalue weighted by atomic mass is 32.2. The van der Waals surface area contributed by atoms with Gasteiger partial charge in [0.05, 0.1) is 24.7 Å².